The Labute approximate surface area is 333 Å². The van der Waals surface area contributed by atoms with E-state index >= 15 is 0 Å². The number of ether oxygens (including phenoxy) is 4. The molecule has 2 heterocycles. The van der Waals surface area contributed by atoms with Crippen molar-refractivity contribution in [1.29, 1.82) is 0 Å². The maximum absolute atomic E-state index is 14.6. The van der Waals surface area contributed by atoms with Crippen molar-refractivity contribution in [2.45, 2.75) is 74.5 Å². The number of carbonyl (C=O) groups is 3. The Bertz CT molecular complexity index is 2070. The molecule has 4 aliphatic rings. The fourth-order valence-electron chi connectivity index (χ4n) is 8.37. The molecule has 57 heavy (non-hydrogen) atoms. The number of esters is 1. The highest BCUT2D eigenvalue weighted by atomic mass is 16.8. The molecule has 2 aliphatic carbocycles. The van der Waals surface area contributed by atoms with Crippen molar-refractivity contribution in [3.05, 3.63) is 161 Å². The van der Waals surface area contributed by atoms with Crippen molar-refractivity contribution in [3.8, 4) is 0 Å². The number of rotatable bonds is 13. The Morgan fingerprint density at radius 3 is 2.23 bits per heavy atom. The minimum atomic E-state index is -1.37. The average Bonchev–Trinajstić information content (AvgIpc) is 3.93. The molecule has 2 amide bonds. The van der Waals surface area contributed by atoms with Gasteiger partial charge in [-0.3, -0.25) is 9.59 Å². The molecule has 294 valence electrons. The molecule has 3 fully saturated rings. The van der Waals surface area contributed by atoms with E-state index in [9.17, 15) is 19.5 Å². The van der Waals surface area contributed by atoms with Crippen molar-refractivity contribution in [2.24, 2.45) is 5.92 Å². The topological polar surface area (TPSA) is 127 Å². The standard InChI is InChI=1S/C47H48N2O8/c1-49(38(44(51)48-25-26-50)27-31-13-5-2-6-14-31)45(52)34-29-41(55-46(53)37-20-12-11-15-33(37)23-21-32-22-24-39-40(28-32)54-39)43-42(30-34)56-47(57-43,35-16-7-3-8-17-35)36-18-9-4-10-19-36/h2-21,23,30,32,38-43,50H,22,24-29H2,1H3,(H,48,51). The van der Waals surface area contributed by atoms with E-state index in [2.05, 4.69) is 11.4 Å². The van der Waals surface area contributed by atoms with Gasteiger partial charge in [-0.05, 0) is 48.4 Å². The third-order valence-electron chi connectivity index (χ3n) is 11.5. The van der Waals surface area contributed by atoms with Crippen LogP contribution in [0.3, 0.4) is 0 Å². The maximum Gasteiger partial charge on any atom is 0.339 e. The van der Waals surface area contributed by atoms with E-state index < -0.39 is 47.9 Å². The van der Waals surface area contributed by atoms with Crippen LogP contribution in [-0.4, -0.2) is 84.6 Å². The first-order chi connectivity index (χ1) is 27.8. The number of allylic oxidation sites excluding steroid dienone is 1. The summed E-state index contributed by atoms with van der Waals surface area (Å²) in [5.41, 5.74) is 3.84. The van der Waals surface area contributed by atoms with Crippen LogP contribution in [0, 0.1) is 5.92 Å². The molecule has 0 aromatic heterocycles. The van der Waals surface area contributed by atoms with Gasteiger partial charge in [0, 0.05) is 43.1 Å². The van der Waals surface area contributed by atoms with Crippen LogP contribution < -0.4 is 5.32 Å². The number of likely N-dealkylation sites (N-methyl/N-ethyl adjacent to an activating group) is 1. The minimum Gasteiger partial charge on any atom is -0.456 e. The summed E-state index contributed by atoms with van der Waals surface area (Å²) in [6, 6.07) is 35.1. The van der Waals surface area contributed by atoms with Crippen LogP contribution in [-0.2, 0) is 40.7 Å². The zero-order chi connectivity index (χ0) is 39.4. The number of nitrogens with zero attached hydrogens (tertiary/aromatic N) is 1. The molecule has 8 rings (SSSR count). The van der Waals surface area contributed by atoms with Crippen LogP contribution in [0.1, 0.15) is 58.3 Å². The van der Waals surface area contributed by atoms with Crippen molar-refractivity contribution >= 4 is 23.9 Å². The SMILES string of the molecule is CN(C(=O)C1=CC2OC(c3ccccc3)(c3ccccc3)OC2C(OC(=O)c2ccccc2C=CC2CCC3OC3C2)C1)C(Cc1ccccc1)C(=O)NCCO. The predicted molar refractivity (Wildman–Crippen MR) is 214 cm³/mol. The van der Waals surface area contributed by atoms with E-state index in [1.165, 1.54) is 4.90 Å². The first-order valence-electron chi connectivity index (χ1n) is 19.8. The van der Waals surface area contributed by atoms with E-state index in [4.69, 9.17) is 18.9 Å². The molecule has 1 saturated carbocycles. The summed E-state index contributed by atoms with van der Waals surface area (Å²) < 4.78 is 26.0. The van der Waals surface area contributed by atoms with Gasteiger partial charge in [0.2, 0.25) is 17.6 Å². The van der Waals surface area contributed by atoms with Crippen LogP contribution in [0.4, 0.5) is 0 Å². The Hall–Kier alpha value is -5.39. The smallest absolute Gasteiger partial charge is 0.339 e. The highest BCUT2D eigenvalue weighted by molar-refractivity contribution is 5.98. The highest BCUT2D eigenvalue weighted by Gasteiger charge is 2.55. The van der Waals surface area contributed by atoms with Gasteiger partial charge in [0.25, 0.3) is 0 Å². The molecular formula is C47H48N2O8. The van der Waals surface area contributed by atoms with Crippen molar-refractivity contribution in [2.75, 3.05) is 20.2 Å². The number of aliphatic hydroxyl groups is 1. The van der Waals surface area contributed by atoms with Crippen molar-refractivity contribution in [1.82, 2.24) is 10.2 Å². The van der Waals surface area contributed by atoms with Gasteiger partial charge >= 0.3 is 5.97 Å². The van der Waals surface area contributed by atoms with Crippen molar-refractivity contribution in [3.63, 3.8) is 0 Å². The lowest BCUT2D eigenvalue weighted by atomic mass is 9.88. The Morgan fingerprint density at radius 2 is 1.54 bits per heavy atom. The van der Waals surface area contributed by atoms with Gasteiger partial charge in [-0.25, -0.2) is 4.79 Å². The third kappa shape index (κ3) is 8.36. The number of fused-ring (bicyclic) bond motifs is 2. The maximum atomic E-state index is 14.6. The van der Waals surface area contributed by atoms with E-state index in [0.29, 0.717) is 29.3 Å². The second kappa shape index (κ2) is 17.0. The lowest BCUT2D eigenvalue weighted by molar-refractivity contribution is -0.157. The number of hydrogen-bond donors (Lipinski definition) is 2. The molecule has 10 nitrogen and oxygen atoms in total. The van der Waals surface area contributed by atoms with Gasteiger partial charge < -0.3 is 34.3 Å². The van der Waals surface area contributed by atoms with Gasteiger partial charge in [0.05, 0.1) is 24.4 Å². The summed E-state index contributed by atoms with van der Waals surface area (Å²) in [4.78, 5) is 43.8. The van der Waals surface area contributed by atoms with E-state index in [0.717, 1.165) is 41.5 Å². The molecule has 7 unspecified atom stereocenters. The highest BCUT2D eigenvalue weighted by Crippen LogP contribution is 2.47. The number of epoxide rings is 1. The Balaban J connectivity index is 1.12. The second-order valence-corrected chi connectivity index (χ2v) is 15.2. The van der Waals surface area contributed by atoms with Gasteiger partial charge in [0.15, 0.2) is 0 Å². The number of benzene rings is 4. The number of carbonyl (C=O) groups excluding carboxylic acids is 3. The first-order valence-corrected chi connectivity index (χ1v) is 19.8. The fourth-order valence-corrected chi connectivity index (χ4v) is 8.37. The quantitative estimate of drug-likeness (QED) is 0.126. The second-order valence-electron chi connectivity index (χ2n) is 15.2. The van der Waals surface area contributed by atoms with Crippen LogP contribution in [0.15, 0.2) is 133 Å². The van der Waals surface area contributed by atoms with Crippen LogP contribution in [0.2, 0.25) is 0 Å². The lowest BCUT2D eigenvalue weighted by Gasteiger charge is -2.33. The summed E-state index contributed by atoms with van der Waals surface area (Å²) in [6.07, 6.45) is 7.52. The lowest BCUT2D eigenvalue weighted by Crippen LogP contribution is -2.51. The number of amides is 2. The molecule has 2 aliphatic heterocycles. The number of aliphatic hydroxyl groups excluding tert-OH is 1. The summed E-state index contributed by atoms with van der Waals surface area (Å²) in [7, 11) is 1.59. The normalized spacial score (nSPS) is 25.1. The Kier molecular flexibility index (Phi) is 11.5. The largest absolute Gasteiger partial charge is 0.456 e. The molecule has 4 aromatic rings. The van der Waals surface area contributed by atoms with Gasteiger partial charge in [0.1, 0.15) is 24.4 Å². The predicted octanol–water partition coefficient (Wildman–Crippen LogP) is 5.99. The first kappa shape index (κ1) is 38.5. The monoisotopic (exact) mass is 768 g/mol. The van der Waals surface area contributed by atoms with E-state index in [1.54, 1.807) is 19.2 Å². The molecule has 0 bridgehead atoms. The van der Waals surface area contributed by atoms with Crippen LogP contribution in [0.25, 0.3) is 6.08 Å². The van der Waals surface area contributed by atoms with Crippen LogP contribution >= 0.6 is 0 Å². The van der Waals surface area contributed by atoms with Crippen molar-refractivity contribution < 1.29 is 38.4 Å². The molecule has 10 heteroatoms. The van der Waals surface area contributed by atoms with E-state index in [1.807, 2.05) is 115 Å². The molecule has 0 spiro atoms. The molecule has 2 saturated heterocycles. The minimum absolute atomic E-state index is 0.0258. The number of hydrogen-bond acceptors (Lipinski definition) is 8. The summed E-state index contributed by atoms with van der Waals surface area (Å²) in [5.74, 6) is -2.34. The molecule has 7 atom stereocenters. The zero-order valence-corrected chi connectivity index (χ0v) is 31.9. The fraction of sp³-hybridized carbons (Fsp3) is 0.340. The summed E-state index contributed by atoms with van der Waals surface area (Å²) >= 11 is 0. The molecule has 2 N–H and O–H groups in total. The molecule has 0 radical (unpaired) electrons. The van der Waals surface area contributed by atoms with Gasteiger partial charge in [-0.15, -0.1) is 0 Å². The molecule has 4 aromatic carbocycles. The zero-order valence-electron chi connectivity index (χ0n) is 31.9. The number of nitrogens with one attached hydrogen (secondary N) is 1. The molecular weight excluding hydrogens is 721 g/mol. The summed E-state index contributed by atoms with van der Waals surface area (Å²) in [6.45, 7) is -0.185. The van der Waals surface area contributed by atoms with Gasteiger partial charge in [-0.2, -0.15) is 0 Å². The van der Waals surface area contributed by atoms with Crippen LogP contribution in [0.5, 0.6) is 0 Å². The average molecular weight is 769 g/mol. The van der Waals surface area contributed by atoms with Gasteiger partial charge in [-0.1, -0.05) is 121 Å². The Morgan fingerprint density at radius 1 is 0.877 bits per heavy atom. The van der Waals surface area contributed by atoms with E-state index in [-0.39, 0.29) is 26.0 Å². The summed E-state index contributed by atoms with van der Waals surface area (Å²) in [5, 5.41) is 12.2. The third-order valence-corrected chi connectivity index (χ3v) is 11.5.